The van der Waals surface area contributed by atoms with Gasteiger partial charge in [-0.05, 0) is 48.6 Å². The second-order valence-corrected chi connectivity index (χ2v) is 8.24. The summed E-state index contributed by atoms with van der Waals surface area (Å²) in [5.41, 5.74) is 3.46. The van der Waals surface area contributed by atoms with Crippen molar-refractivity contribution in [1.29, 1.82) is 0 Å². The van der Waals surface area contributed by atoms with Crippen molar-refractivity contribution in [2.75, 3.05) is 0 Å². The summed E-state index contributed by atoms with van der Waals surface area (Å²) < 4.78 is 29.3. The van der Waals surface area contributed by atoms with E-state index in [0.717, 1.165) is 48.2 Å². The quantitative estimate of drug-likeness (QED) is 0.671. The van der Waals surface area contributed by atoms with Crippen LogP contribution >= 0.6 is 0 Å². The van der Waals surface area contributed by atoms with Crippen molar-refractivity contribution >= 4 is 5.91 Å². The molecule has 0 saturated heterocycles. The lowest BCUT2D eigenvalue weighted by Gasteiger charge is -2.17. The number of carbonyl (C=O) groups is 1. The molecular weight excluding hydrogens is 400 g/mol. The first kappa shape index (κ1) is 19.9. The first-order chi connectivity index (χ1) is 15.0. The van der Waals surface area contributed by atoms with Crippen LogP contribution in [-0.4, -0.2) is 26.7 Å². The maximum absolute atomic E-state index is 13.9. The Morgan fingerprint density at radius 2 is 1.94 bits per heavy atom. The van der Waals surface area contributed by atoms with Crippen molar-refractivity contribution in [1.82, 2.24) is 14.9 Å². The fraction of sp³-hybridized carbons (Fsp3) is 0.333. The second kappa shape index (κ2) is 7.89. The van der Waals surface area contributed by atoms with Gasteiger partial charge in [0.2, 0.25) is 0 Å². The summed E-state index contributed by atoms with van der Waals surface area (Å²) in [7, 11) is 0. The molecule has 0 saturated carbocycles. The monoisotopic (exact) mass is 423 g/mol. The van der Waals surface area contributed by atoms with Crippen molar-refractivity contribution in [2.45, 2.75) is 50.8 Å². The van der Waals surface area contributed by atoms with Gasteiger partial charge in [-0.2, -0.15) is 0 Å². The van der Waals surface area contributed by atoms with Crippen molar-refractivity contribution in [3.8, 4) is 11.4 Å². The molecule has 7 heteroatoms. The molecule has 0 bridgehead atoms. The van der Waals surface area contributed by atoms with Gasteiger partial charge < -0.3 is 15.0 Å². The minimum atomic E-state index is -0.944. The Morgan fingerprint density at radius 3 is 2.77 bits per heavy atom. The van der Waals surface area contributed by atoms with E-state index < -0.39 is 23.8 Å². The molecule has 2 heterocycles. The molecular formula is C24H23F2N3O2. The van der Waals surface area contributed by atoms with Crippen LogP contribution in [0.1, 0.15) is 52.6 Å². The van der Waals surface area contributed by atoms with Crippen LogP contribution in [0.5, 0.6) is 0 Å². The zero-order valence-electron chi connectivity index (χ0n) is 16.9. The molecule has 0 radical (unpaired) electrons. The molecule has 1 aliphatic carbocycles. The number of aliphatic hydroxyl groups excluding tert-OH is 1. The van der Waals surface area contributed by atoms with Crippen LogP contribution < -0.4 is 5.32 Å². The molecule has 2 atom stereocenters. The molecule has 1 aromatic heterocycles. The molecule has 160 valence electrons. The number of halogens is 2. The third kappa shape index (κ3) is 3.53. The highest BCUT2D eigenvalue weighted by Crippen LogP contribution is 2.33. The predicted molar refractivity (Wildman–Crippen MR) is 111 cm³/mol. The number of rotatable bonds is 3. The largest absolute Gasteiger partial charge is 0.390 e. The van der Waals surface area contributed by atoms with E-state index in [-0.39, 0.29) is 5.91 Å². The van der Waals surface area contributed by atoms with E-state index in [2.05, 4.69) is 10.3 Å². The fourth-order valence-electron chi connectivity index (χ4n) is 4.71. The van der Waals surface area contributed by atoms with Crippen molar-refractivity contribution in [2.24, 2.45) is 0 Å². The Bertz CT molecular complexity index is 1160. The van der Waals surface area contributed by atoms with Crippen LogP contribution in [0.4, 0.5) is 8.78 Å². The summed E-state index contributed by atoms with van der Waals surface area (Å²) in [5.74, 6) is -1.76. The molecule has 1 amide bonds. The van der Waals surface area contributed by atoms with Crippen molar-refractivity contribution in [3.63, 3.8) is 0 Å². The third-order valence-electron chi connectivity index (χ3n) is 6.25. The molecule has 0 spiro atoms. The number of benzene rings is 2. The number of nitrogens with zero attached hydrogens (tertiary/aromatic N) is 2. The first-order valence-corrected chi connectivity index (χ1v) is 10.6. The van der Waals surface area contributed by atoms with E-state index in [4.69, 9.17) is 0 Å². The van der Waals surface area contributed by atoms with Gasteiger partial charge in [0.25, 0.3) is 5.91 Å². The van der Waals surface area contributed by atoms with E-state index in [1.165, 1.54) is 6.07 Å². The van der Waals surface area contributed by atoms with Gasteiger partial charge in [0, 0.05) is 18.5 Å². The maximum Gasteiger partial charge on any atom is 0.272 e. The van der Waals surface area contributed by atoms with E-state index in [1.54, 1.807) is 0 Å². The molecule has 5 rings (SSSR count). The first-order valence-electron chi connectivity index (χ1n) is 10.6. The number of aromatic nitrogens is 2. The van der Waals surface area contributed by atoms with Crippen LogP contribution in [0.25, 0.3) is 11.4 Å². The Balaban J connectivity index is 1.52. The molecule has 2 aliphatic rings. The Morgan fingerprint density at radius 1 is 1.10 bits per heavy atom. The third-order valence-corrected chi connectivity index (χ3v) is 6.25. The molecule has 1 unspecified atom stereocenters. The minimum absolute atomic E-state index is 0.290. The van der Waals surface area contributed by atoms with Gasteiger partial charge in [0.05, 0.1) is 17.8 Å². The number of hydrogen-bond donors (Lipinski definition) is 2. The molecule has 2 aromatic carbocycles. The lowest BCUT2D eigenvalue weighted by molar-refractivity contribution is 0.0852. The molecule has 31 heavy (non-hydrogen) atoms. The smallest absolute Gasteiger partial charge is 0.272 e. The number of aliphatic hydroxyl groups is 1. The van der Waals surface area contributed by atoms with Crippen molar-refractivity contribution in [3.05, 3.63) is 76.6 Å². The number of hydrogen-bond acceptors (Lipinski definition) is 3. The summed E-state index contributed by atoms with van der Waals surface area (Å²) in [6.07, 6.45) is 3.35. The number of nitrogens with one attached hydrogen (secondary N) is 1. The van der Waals surface area contributed by atoms with E-state index >= 15 is 0 Å². The van der Waals surface area contributed by atoms with Gasteiger partial charge in [0.1, 0.15) is 11.5 Å². The van der Waals surface area contributed by atoms with Gasteiger partial charge in [-0.3, -0.25) is 4.79 Å². The van der Waals surface area contributed by atoms with Crippen molar-refractivity contribution < 1.29 is 18.7 Å². The topological polar surface area (TPSA) is 67.2 Å². The molecule has 3 aromatic rings. The predicted octanol–water partition coefficient (Wildman–Crippen LogP) is 3.94. The highest BCUT2D eigenvalue weighted by molar-refractivity contribution is 5.94. The standard InChI is InChI=1S/C24H23F2N3O2/c25-17-10-9-15(12-18(17)26)23-27-22(19-8-2-1-5-11-29(19)23)24(31)28-21-16-7-4-3-6-14(16)13-20(21)30/h3-4,6-7,9-10,12,20-21,30H,1-2,5,8,11,13H2,(H,28,31)/t20-,21?/m1/s1. The summed E-state index contributed by atoms with van der Waals surface area (Å²) in [6.45, 7) is 0.666. The zero-order valence-corrected chi connectivity index (χ0v) is 16.9. The molecule has 1 aliphatic heterocycles. The highest BCUT2D eigenvalue weighted by Gasteiger charge is 2.34. The summed E-state index contributed by atoms with van der Waals surface area (Å²) >= 11 is 0. The maximum atomic E-state index is 13.9. The van der Waals surface area contributed by atoms with E-state index in [0.29, 0.717) is 36.5 Å². The van der Waals surface area contributed by atoms with Gasteiger partial charge in [-0.15, -0.1) is 0 Å². The van der Waals surface area contributed by atoms with Crippen LogP contribution in [0.2, 0.25) is 0 Å². The lowest BCUT2D eigenvalue weighted by Crippen LogP contribution is -2.34. The Kier molecular flexibility index (Phi) is 5.06. The van der Waals surface area contributed by atoms with Crippen LogP contribution in [0, 0.1) is 11.6 Å². The van der Waals surface area contributed by atoms with Crippen LogP contribution in [0.3, 0.4) is 0 Å². The van der Waals surface area contributed by atoms with E-state index in [1.807, 2.05) is 28.8 Å². The van der Waals surface area contributed by atoms with Gasteiger partial charge in [-0.1, -0.05) is 30.7 Å². The molecule has 5 nitrogen and oxygen atoms in total. The number of imidazole rings is 1. The fourth-order valence-corrected chi connectivity index (χ4v) is 4.71. The Hall–Kier alpha value is -3.06. The van der Waals surface area contributed by atoms with Gasteiger partial charge in [0.15, 0.2) is 11.6 Å². The molecule has 0 fully saturated rings. The van der Waals surface area contributed by atoms with Crippen LogP contribution in [0.15, 0.2) is 42.5 Å². The number of amides is 1. The second-order valence-electron chi connectivity index (χ2n) is 8.24. The molecule has 2 N–H and O–H groups in total. The van der Waals surface area contributed by atoms with Gasteiger partial charge in [-0.25, -0.2) is 13.8 Å². The number of fused-ring (bicyclic) bond motifs is 2. The zero-order chi connectivity index (χ0) is 21.5. The minimum Gasteiger partial charge on any atom is -0.390 e. The lowest BCUT2D eigenvalue weighted by atomic mass is 10.1. The van der Waals surface area contributed by atoms with Gasteiger partial charge >= 0.3 is 0 Å². The average Bonchev–Trinajstić information content (AvgIpc) is 3.16. The highest BCUT2D eigenvalue weighted by atomic mass is 19.2. The SMILES string of the molecule is O=C(NC1c2ccccc2C[C@H]1O)c1nc(-c2ccc(F)c(F)c2)n2c1CCCCC2. The van der Waals surface area contributed by atoms with E-state index in [9.17, 15) is 18.7 Å². The van der Waals surface area contributed by atoms with Crippen LogP contribution in [-0.2, 0) is 19.4 Å². The summed E-state index contributed by atoms with van der Waals surface area (Å²) in [6, 6.07) is 10.9. The normalized spacial score (nSPS) is 20.1. The Labute approximate surface area is 178 Å². The average molecular weight is 423 g/mol. The summed E-state index contributed by atoms with van der Waals surface area (Å²) in [5, 5.41) is 13.5. The number of carbonyl (C=O) groups excluding carboxylic acids is 1. The summed E-state index contributed by atoms with van der Waals surface area (Å²) in [4.78, 5) is 17.9.